The number of aromatic amines is 1. The maximum atomic E-state index is 13.6. The van der Waals surface area contributed by atoms with Crippen LogP contribution in [0, 0.1) is 6.92 Å². The minimum Gasteiger partial charge on any atom is -0.346 e. The molecule has 0 fully saturated rings. The van der Waals surface area contributed by atoms with E-state index >= 15 is 0 Å². The van der Waals surface area contributed by atoms with E-state index in [0.717, 1.165) is 10.1 Å². The van der Waals surface area contributed by atoms with Gasteiger partial charge in [0.2, 0.25) is 0 Å². The van der Waals surface area contributed by atoms with Gasteiger partial charge in [-0.15, -0.1) is 11.3 Å². The molecule has 1 atom stereocenters. The topological polar surface area (TPSA) is 72.3 Å². The highest BCUT2D eigenvalue weighted by molar-refractivity contribution is 7.09. The van der Waals surface area contributed by atoms with Crippen LogP contribution in [-0.4, -0.2) is 35.9 Å². The molecule has 0 aliphatic carbocycles. The summed E-state index contributed by atoms with van der Waals surface area (Å²) < 4.78 is 41.7. The van der Waals surface area contributed by atoms with Gasteiger partial charge in [0.25, 0.3) is 0 Å². The molecule has 0 aliphatic heterocycles. The monoisotopic (exact) mass is 378 g/mol. The molecule has 1 N–H and O–H groups in total. The predicted octanol–water partition coefficient (Wildman–Crippen LogP) is 3.93. The van der Waals surface area contributed by atoms with E-state index in [1.807, 2.05) is 0 Å². The van der Waals surface area contributed by atoms with E-state index in [2.05, 4.69) is 25.0 Å². The Morgan fingerprint density at radius 3 is 2.88 bits per heavy atom. The van der Waals surface area contributed by atoms with Gasteiger partial charge in [-0.05, 0) is 13.0 Å². The van der Waals surface area contributed by atoms with Crippen molar-refractivity contribution in [1.82, 2.24) is 29.7 Å². The average molecular weight is 378 g/mol. The number of fused-ring (bicyclic) bond motifs is 1. The third kappa shape index (κ3) is 3.07. The number of hydrogen-bond acceptors (Lipinski definition) is 5. The van der Waals surface area contributed by atoms with E-state index in [1.165, 1.54) is 30.1 Å². The largest absolute Gasteiger partial charge is 0.411 e. The number of aryl methyl sites for hydroxylation is 1. The third-order valence-electron chi connectivity index (χ3n) is 3.96. The number of halogens is 3. The minimum atomic E-state index is -4.45. The van der Waals surface area contributed by atoms with Gasteiger partial charge in [0.05, 0.1) is 16.9 Å². The number of H-pyrrole nitrogens is 1. The van der Waals surface area contributed by atoms with Crippen LogP contribution in [-0.2, 0) is 6.42 Å². The lowest BCUT2D eigenvalue weighted by Crippen LogP contribution is -2.29. The molecule has 4 rings (SSSR count). The van der Waals surface area contributed by atoms with Gasteiger partial charge in [-0.25, -0.2) is 15.0 Å². The molecule has 0 spiro atoms. The molecule has 4 aromatic rings. The van der Waals surface area contributed by atoms with Crippen LogP contribution in [0.4, 0.5) is 13.2 Å². The molecule has 134 valence electrons. The zero-order valence-electron chi connectivity index (χ0n) is 13.5. The molecule has 0 bridgehead atoms. The van der Waals surface area contributed by atoms with Crippen LogP contribution in [0.5, 0.6) is 0 Å². The number of nitrogens with one attached hydrogen (secondary N) is 1. The van der Waals surface area contributed by atoms with Crippen LogP contribution in [0.1, 0.15) is 16.7 Å². The summed E-state index contributed by atoms with van der Waals surface area (Å²) in [6.07, 6.45) is 1.13. The molecule has 0 saturated carbocycles. The standard InChI is InChI=1S/C16H13F3N6S/c1-9-7-26-13(24-9)4-12(16(17,18)19)25-6-10(5-23-25)14-11-2-3-20-15(11)22-8-21-14/h2-3,5-8,12H,4H2,1H3,(H,20,21,22). The molecule has 4 heterocycles. The number of alkyl halides is 3. The van der Waals surface area contributed by atoms with E-state index in [9.17, 15) is 13.2 Å². The second kappa shape index (κ2) is 6.20. The fourth-order valence-electron chi connectivity index (χ4n) is 2.75. The zero-order chi connectivity index (χ0) is 18.3. The van der Waals surface area contributed by atoms with Gasteiger partial charge in [-0.2, -0.15) is 18.3 Å². The van der Waals surface area contributed by atoms with Gasteiger partial charge in [0, 0.05) is 40.8 Å². The summed E-state index contributed by atoms with van der Waals surface area (Å²) in [5.74, 6) is 0. The lowest BCUT2D eigenvalue weighted by atomic mass is 10.2. The van der Waals surface area contributed by atoms with E-state index < -0.39 is 12.2 Å². The number of thiazole rings is 1. The number of rotatable bonds is 4. The third-order valence-corrected chi connectivity index (χ3v) is 4.95. The van der Waals surface area contributed by atoms with Crippen LogP contribution in [0.15, 0.2) is 36.4 Å². The first-order valence-corrected chi connectivity index (χ1v) is 8.60. The van der Waals surface area contributed by atoms with Crippen molar-refractivity contribution in [2.45, 2.75) is 25.6 Å². The van der Waals surface area contributed by atoms with Crippen molar-refractivity contribution in [2.24, 2.45) is 0 Å². The number of hydrogen-bond donors (Lipinski definition) is 1. The van der Waals surface area contributed by atoms with E-state index in [1.54, 1.807) is 24.6 Å². The summed E-state index contributed by atoms with van der Waals surface area (Å²) in [6, 6.07) is -0.00735. The molecular formula is C16H13F3N6S. The van der Waals surface area contributed by atoms with E-state index in [-0.39, 0.29) is 6.42 Å². The second-order valence-electron chi connectivity index (χ2n) is 5.82. The van der Waals surface area contributed by atoms with Crippen LogP contribution in [0.25, 0.3) is 22.3 Å². The van der Waals surface area contributed by atoms with Crippen molar-refractivity contribution in [2.75, 3.05) is 0 Å². The smallest absolute Gasteiger partial charge is 0.346 e. The molecule has 0 aromatic carbocycles. The number of aromatic nitrogens is 6. The summed E-state index contributed by atoms with van der Waals surface area (Å²) in [7, 11) is 0. The van der Waals surface area contributed by atoms with E-state index in [0.29, 0.717) is 27.6 Å². The summed E-state index contributed by atoms with van der Waals surface area (Å²) >= 11 is 1.22. The fourth-order valence-corrected chi connectivity index (χ4v) is 3.56. The van der Waals surface area contributed by atoms with Crippen molar-refractivity contribution in [3.05, 3.63) is 47.1 Å². The molecule has 0 amide bonds. The van der Waals surface area contributed by atoms with Gasteiger partial charge >= 0.3 is 6.18 Å². The molecule has 0 saturated heterocycles. The fraction of sp³-hybridized carbons (Fsp3) is 0.250. The highest BCUT2D eigenvalue weighted by atomic mass is 32.1. The minimum absolute atomic E-state index is 0.257. The Bertz CT molecular complexity index is 1050. The molecule has 0 radical (unpaired) electrons. The van der Waals surface area contributed by atoms with Gasteiger partial charge in [0.1, 0.15) is 12.0 Å². The highest BCUT2D eigenvalue weighted by Crippen LogP contribution is 2.35. The van der Waals surface area contributed by atoms with Gasteiger partial charge in [0.15, 0.2) is 6.04 Å². The summed E-state index contributed by atoms with van der Waals surface area (Å²) in [5, 5.41) is 6.85. The Hall–Kier alpha value is -2.75. The first kappa shape index (κ1) is 16.7. The SMILES string of the molecule is Cc1csc(CC(n2cc(-c3ncnc4[nH]ccc34)cn2)C(F)(F)F)n1. The first-order valence-electron chi connectivity index (χ1n) is 7.72. The Morgan fingerprint density at radius 2 is 2.15 bits per heavy atom. The average Bonchev–Trinajstić information content (AvgIpc) is 3.31. The summed E-state index contributed by atoms with van der Waals surface area (Å²) in [4.78, 5) is 15.4. The Balaban J connectivity index is 1.71. The Kier molecular flexibility index (Phi) is 3.98. The van der Waals surface area contributed by atoms with Crippen molar-refractivity contribution in [1.29, 1.82) is 0 Å². The maximum absolute atomic E-state index is 13.6. The Morgan fingerprint density at radius 1 is 1.31 bits per heavy atom. The van der Waals surface area contributed by atoms with E-state index in [4.69, 9.17) is 0 Å². The molecule has 26 heavy (non-hydrogen) atoms. The van der Waals surface area contributed by atoms with Crippen LogP contribution < -0.4 is 0 Å². The molecule has 1 unspecified atom stereocenters. The Labute approximate surface area is 149 Å². The maximum Gasteiger partial charge on any atom is 0.411 e. The molecule has 6 nitrogen and oxygen atoms in total. The lowest BCUT2D eigenvalue weighted by molar-refractivity contribution is -0.170. The zero-order valence-corrected chi connectivity index (χ0v) is 14.3. The molecule has 10 heteroatoms. The second-order valence-corrected chi connectivity index (χ2v) is 6.76. The van der Waals surface area contributed by atoms with Crippen molar-refractivity contribution < 1.29 is 13.2 Å². The normalized spacial score (nSPS) is 13.4. The van der Waals surface area contributed by atoms with Crippen molar-refractivity contribution in [3.63, 3.8) is 0 Å². The molecule has 4 aromatic heterocycles. The van der Waals surface area contributed by atoms with Crippen LogP contribution in [0.3, 0.4) is 0 Å². The van der Waals surface area contributed by atoms with Crippen LogP contribution >= 0.6 is 11.3 Å². The van der Waals surface area contributed by atoms with Crippen molar-refractivity contribution in [3.8, 4) is 11.3 Å². The number of nitrogens with zero attached hydrogens (tertiary/aromatic N) is 5. The molecule has 0 aliphatic rings. The molecular weight excluding hydrogens is 365 g/mol. The van der Waals surface area contributed by atoms with Gasteiger partial charge < -0.3 is 4.98 Å². The quantitative estimate of drug-likeness (QED) is 0.584. The van der Waals surface area contributed by atoms with Gasteiger partial charge in [-0.1, -0.05) is 0 Å². The summed E-state index contributed by atoms with van der Waals surface area (Å²) in [5.41, 5.74) is 2.37. The predicted molar refractivity (Wildman–Crippen MR) is 90.8 cm³/mol. The lowest BCUT2D eigenvalue weighted by Gasteiger charge is -2.19. The van der Waals surface area contributed by atoms with Gasteiger partial charge in [-0.3, -0.25) is 4.68 Å². The van der Waals surface area contributed by atoms with Crippen molar-refractivity contribution >= 4 is 22.4 Å². The van der Waals surface area contributed by atoms with Crippen LogP contribution in [0.2, 0.25) is 0 Å². The highest BCUT2D eigenvalue weighted by Gasteiger charge is 2.42. The summed E-state index contributed by atoms with van der Waals surface area (Å²) in [6.45, 7) is 1.76. The first-order chi connectivity index (χ1) is 12.4.